The van der Waals surface area contributed by atoms with Gasteiger partial charge in [0.1, 0.15) is 6.10 Å². The molecule has 3 fully saturated rings. The number of pyridine rings is 1. The number of hydrogen-bond acceptors (Lipinski definition) is 4. The molecule has 5 nitrogen and oxygen atoms in total. The van der Waals surface area contributed by atoms with Gasteiger partial charge in [-0.2, -0.15) is 0 Å². The predicted octanol–water partition coefficient (Wildman–Crippen LogP) is 3.05. The van der Waals surface area contributed by atoms with Crippen LogP contribution in [0.2, 0.25) is 0 Å². The number of amides is 1. The molecule has 3 aliphatic rings. The zero-order chi connectivity index (χ0) is 16.4. The van der Waals surface area contributed by atoms with Crippen molar-refractivity contribution < 1.29 is 14.3 Å². The average Bonchev–Trinajstić information content (AvgIpc) is 3.28. The van der Waals surface area contributed by atoms with Gasteiger partial charge in [0.05, 0.1) is 13.2 Å². The third-order valence-electron chi connectivity index (χ3n) is 5.93. The Labute approximate surface area is 143 Å². The number of carbonyl (C=O) groups excluding carboxylic acids is 1. The molecule has 1 aliphatic carbocycles. The van der Waals surface area contributed by atoms with Gasteiger partial charge in [-0.15, -0.1) is 0 Å². The second-order valence-corrected chi connectivity index (χ2v) is 7.49. The van der Waals surface area contributed by atoms with Crippen molar-refractivity contribution >= 4 is 5.91 Å². The molecule has 0 bridgehead atoms. The molecule has 1 spiro atoms. The fourth-order valence-corrected chi connectivity index (χ4v) is 4.38. The van der Waals surface area contributed by atoms with Crippen LogP contribution in [0, 0.1) is 5.41 Å². The molecule has 0 radical (unpaired) electrons. The van der Waals surface area contributed by atoms with Crippen LogP contribution in [0.15, 0.2) is 18.3 Å². The monoisotopic (exact) mass is 330 g/mol. The molecule has 1 amide bonds. The largest absolute Gasteiger partial charge is 0.472 e. The molecule has 3 heterocycles. The minimum atomic E-state index is 0.0556. The van der Waals surface area contributed by atoms with Gasteiger partial charge in [-0.3, -0.25) is 4.79 Å². The number of aromatic nitrogens is 1. The van der Waals surface area contributed by atoms with Crippen LogP contribution >= 0.6 is 0 Å². The molecule has 24 heavy (non-hydrogen) atoms. The van der Waals surface area contributed by atoms with Gasteiger partial charge >= 0.3 is 0 Å². The van der Waals surface area contributed by atoms with Gasteiger partial charge in [-0.25, -0.2) is 4.98 Å². The van der Waals surface area contributed by atoms with E-state index in [0.29, 0.717) is 23.5 Å². The highest BCUT2D eigenvalue weighted by Gasteiger charge is 2.38. The van der Waals surface area contributed by atoms with Crippen LogP contribution in [0.1, 0.15) is 55.3 Å². The maximum absolute atomic E-state index is 12.8. The van der Waals surface area contributed by atoms with E-state index in [0.717, 1.165) is 39.0 Å². The first kappa shape index (κ1) is 15.9. The third kappa shape index (κ3) is 3.27. The van der Waals surface area contributed by atoms with E-state index in [2.05, 4.69) is 4.98 Å². The van der Waals surface area contributed by atoms with E-state index in [-0.39, 0.29) is 12.0 Å². The zero-order valence-corrected chi connectivity index (χ0v) is 14.2. The summed E-state index contributed by atoms with van der Waals surface area (Å²) in [6, 6.07) is 3.57. The van der Waals surface area contributed by atoms with Gasteiger partial charge in [0, 0.05) is 37.3 Å². The number of nitrogens with zero attached hydrogens (tertiary/aromatic N) is 2. The quantitative estimate of drug-likeness (QED) is 0.855. The molecule has 4 rings (SSSR count). The fraction of sp³-hybridized carbons (Fsp3) is 0.684. The predicted molar refractivity (Wildman–Crippen MR) is 90.1 cm³/mol. The van der Waals surface area contributed by atoms with Crippen LogP contribution < -0.4 is 4.74 Å². The Morgan fingerprint density at radius 3 is 2.75 bits per heavy atom. The summed E-state index contributed by atoms with van der Waals surface area (Å²) < 4.78 is 11.1. The number of carbonyl (C=O) groups is 1. The molecular weight excluding hydrogens is 304 g/mol. The van der Waals surface area contributed by atoms with Gasteiger partial charge in [0.25, 0.3) is 5.91 Å². The summed E-state index contributed by atoms with van der Waals surface area (Å²) >= 11 is 0. The van der Waals surface area contributed by atoms with Gasteiger partial charge in [0.15, 0.2) is 0 Å². The summed E-state index contributed by atoms with van der Waals surface area (Å²) in [4.78, 5) is 19.1. The summed E-state index contributed by atoms with van der Waals surface area (Å²) in [5, 5.41) is 0. The van der Waals surface area contributed by atoms with E-state index < -0.39 is 0 Å². The van der Waals surface area contributed by atoms with Crippen LogP contribution in [-0.4, -0.2) is 48.2 Å². The first-order chi connectivity index (χ1) is 11.7. The molecule has 1 aromatic rings. The third-order valence-corrected chi connectivity index (χ3v) is 5.93. The first-order valence-corrected chi connectivity index (χ1v) is 9.24. The van der Waals surface area contributed by atoms with Crippen molar-refractivity contribution in [3.63, 3.8) is 0 Å². The van der Waals surface area contributed by atoms with Gasteiger partial charge < -0.3 is 14.4 Å². The van der Waals surface area contributed by atoms with E-state index in [9.17, 15) is 4.79 Å². The number of ether oxygens (including phenoxy) is 2. The van der Waals surface area contributed by atoms with Crippen molar-refractivity contribution in [1.82, 2.24) is 9.88 Å². The van der Waals surface area contributed by atoms with Crippen molar-refractivity contribution in [3.8, 4) is 5.88 Å². The standard InChI is InChI=1S/C19H26N2O3/c22-18(21-10-7-19(8-11-21)5-1-2-6-19)15-3-9-20-17(13-15)24-16-4-12-23-14-16/h3,9,13,16H,1-2,4-8,10-12,14H2/t16-/m1/s1. The number of hydrogen-bond donors (Lipinski definition) is 0. The maximum Gasteiger partial charge on any atom is 0.254 e. The molecule has 0 unspecified atom stereocenters. The zero-order valence-electron chi connectivity index (χ0n) is 14.2. The Morgan fingerprint density at radius 1 is 1.25 bits per heavy atom. The van der Waals surface area contributed by atoms with E-state index in [1.165, 1.54) is 25.7 Å². The Hall–Kier alpha value is -1.62. The number of piperidine rings is 1. The van der Waals surface area contributed by atoms with Crippen molar-refractivity contribution in [2.75, 3.05) is 26.3 Å². The lowest BCUT2D eigenvalue weighted by molar-refractivity contribution is 0.0586. The molecule has 0 N–H and O–H groups in total. The summed E-state index contributed by atoms with van der Waals surface area (Å²) in [6.07, 6.45) is 10.4. The molecule has 130 valence electrons. The van der Waals surface area contributed by atoms with Crippen LogP contribution in [-0.2, 0) is 4.74 Å². The Balaban J connectivity index is 1.39. The summed E-state index contributed by atoms with van der Waals surface area (Å²) in [6.45, 7) is 3.11. The summed E-state index contributed by atoms with van der Waals surface area (Å²) in [5.74, 6) is 0.637. The normalized spacial score (nSPS) is 26.0. The SMILES string of the molecule is O=C(c1ccnc(O[C@@H]2CCOC2)c1)N1CCC2(CCCC2)CC1. The van der Waals surface area contributed by atoms with E-state index >= 15 is 0 Å². The number of likely N-dealkylation sites (tertiary alicyclic amines) is 1. The van der Waals surface area contributed by atoms with E-state index in [1.54, 1.807) is 18.3 Å². The van der Waals surface area contributed by atoms with Gasteiger partial charge in [-0.05, 0) is 37.2 Å². The van der Waals surface area contributed by atoms with E-state index in [4.69, 9.17) is 9.47 Å². The molecule has 0 aromatic carbocycles. The minimum absolute atomic E-state index is 0.0556. The highest BCUT2D eigenvalue weighted by Crippen LogP contribution is 2.46. The molecule has 2 saturated heterocycles. The Kier molecular flexibility index (Phi) is 4.44. The molecule has 1 atom stereocenters. The van der Waals surface area contributed by atoms with Crippen molar-refractivity contribution in [2.45, 2.75) is 51.0 Å². The highest BCUT2D eigenvalue weighted by atomic mass is 16.5. The Bertz CT molecular complexity index is 582. The summed E-state index contributed by atoms with van der Waals surface area (Å²) in [7, 11) is 0. The lowest BCUT2D eigenvalue weighted by Crippen LogP contribution is -2.42. The van der Waals surface area contributed by atoms with Crippen molar-refractivity contribution in [3.05, 3.63) is 23.9 Å². The minimum Gasteiger partial charge on any atom is -0.472 e. The van der Waals surface area contributed by atoms with Gasteiger partial charge in [-0.1, -0.05) is 12.8 Å². The smallest absolute Gasteiger partial charge is 0.254 e. The average molecular weight is 330 g/mol. The van der Waals surface area contributed by atoms with Crippen LogP contribution in [0.4, 0.5) is 0 Å². The lowest BCUT2D eigenvalue weighted by Gasteiger charge is -2.39. The first-order valence-electron chi connectivity index (χ1n) is 9.24. The van der Waals surface area contributed by atoms with Crippen molar-refractivity contribution in [1.29, 1.82) is 0 Å². The molecule has 2 aliphatic heterocycles. The maximum atomic E-state index is 12.8. The second kappa shape index (κ2) is 6.71. The van der Waals surface area contributed by atoms with Gasteiger partial charge in [0.2, 0.25) is 5.88 Å². The van der Waals surface area contributed by atoms with Crippen LogP contribution in [0.3, 0.4) is 0 Å². The molecular formula is C19H26N2O3. The summed E-state index contributed by atoms with van der Waals surface area (Å²) in [5.41, 5.74) is 1.22. The van der Waals surface area contributed by atoms with E-state index in [1.807, 2.05) is 4.90 Å². The number of rotatable bonds is 3. The molecule has 5 heteroatoms. The topological polar surface area (TPSA) is 51.7 Å². The van der Waals surface area contributed by atoms with Crippen LogP contribution in [0.5, 0.6) is 5.88 Å². The molecule has 1 aromatic heterocycles. The second-order valence-electron chi connectivity index (χ2n) is 7.49. The highest BCUT2D eigenvalue weighted by molar-refractivity contribution is 5.94. The Morgan fingerprint density at radius 2 is 2.04 bits per heavy atom. The fourth-order valence-electron chi connectivity index (χ4n) is 4.38. The molecule has 1 saturated carbocycles. The van der Waals surface area contributed by atoms with Crippen molar-refractivity contribution in [2.24, 2.45) is 5.41 Å². The lowest BCUT2D eigenvalue weighted by atomic mass is 9.77. The van der Waals surface area contributed by atoms with Crippen LogP contribution in [0.25, 0.3) is 0 Å².